The number of esters is 1. The van der Waals surface area contributed by atoms with Crippen molar-refractivity contribution in [2.45, 2.75) is 19.9 Å². The number of carbonyl (C=O) groups excluding carboxylic acids is 2. The number of methoxy groups -OCH3 is 1. The highest BCUT2D eigenvalue weighted by Gasteiger charge is 2.23. The molecule has 0 aliphatic heterocycles. The third kappa shape index (κ3) is 3.89. The van der Waals surface area contributed by atoms with Crippen LogP contribution in [0.15, 0.2) is 0 Å². The Hall–Kier alpha value is -1.10. The lowest BCUT2D eigenvalue weighted by Gasteiger charge is -2.19. The fraction of sp³-hybridized carbons (Fsp3) is 0.750. The van der Waals surface area contributed by atoms with Crippen molar-refractivity contribution < 1.29 is 14.3 Å². The Bertz CT molecular complexity index is 192. The van der Waals surface area contributed by atoms with Crippen LogP contribution in [0.2, 0.25) is 0 Å². The van der Waals surface area contributed by atoms with Crippen molar-refractivity contribution in [1.82, 2.24) is 5.32 Å². The molecule has 3 N–H and O–H groups in total. The van der Waals surface area contributed by atoms with Crippen molar-refractivity contribution in [3.63, 3.8) is 0 Å². The van der Waals surface area contributed by atoms with Gasteiger partial charge in [-0.15, -0.1) is 0 Å². The summed E-state index contributed by atoms with van der Waals surface area (Å²) < 4.78 is 4.52. The smallest absolute Gasteiger partial charge is 0.328 e. The average molecular weight is 188 g/mol. The van der Waals surface area contributed by atoms with Crippen molar-refractivity contribution in [2.75, 3.05) is 13.7 Å². The number of ether oxygens (including phenoxy) is 1. The lowest BCUT2D eigenvalue weighted by atomic mass is 10.0. The van der Waals surface area contributed by atoms with Gasteiger partial charge in [0.15, 0.2) is 0 Å². The summed E-state index contributed by atoms with van der Waals surface area (Å²) >= 11 is 0. The zero-order valence-electron chi connectivity index (χ0n) is 8.16. The summed E-state index contributed by atoms with van der Waals surface area (Å²) in [6.07, 6.45) is 0. The number of amides is 1. The van der Waals surface area contributed by atoms with Gasteiger partial charge in [0.2, 0.25) is 5.91 Å². The Balaban J connectivity index is 4.26. The predicted octanol–water partition coefficient (Wildman–Crippen LogP) is -0.741. The first kappa shape index (κ1) is 11.9. The molecule has 0 unspecified atom stereocenters. The molecular formula is C8H16N2O3. The molecule has 0 aromatic carbocycles. The first-order valence-corrected chi connectivity index (χ1v) is 4.10. The lowest BCUT2D eigenvalue weighted by Crippen LogP contribution is -2.47. The second-order valence-corrected chi connectivity index (χ2v) is 3.02. The molecule has 0 spiro atoms. The van der Waals surface area contributed by atoms with Gasteiger partial charge in [0.1, 0.15) is 6.04 Å². The average Bonchev–Trinajstić information content (AvgIpc) is 2.11. The highest BCUT2D eigenvalue weighted by Crippen LogP contribution is 2.02. The summed E-state index contributed by atoms with van der Waals surface area (Å²) in [5.74, 6) is -0.816. The van der Waals surface area contributed by atoms with Gasteiger partial charge in [0.25, 0.3) is 0 Å². The summed E-state index contributed by atoms with van der Waals surface area (Å²) in [6.45, 7) is 3.51. The van der Waals surface area contributed by atoms with Crippen molar-refractivity contribution in [1.29, 1.82) is 0 Å². The molecule has 0 aromatic heterocycles. The summed E-state index contributed by atoms with van der Waals surface area (Å²) in [5.41, 5.74) is 5.10. The van der Waals surface area contributed by atoms with Crippen molar-refractivity contribution in [3.8, 4) is 0 Å². The number of nitrogens with one attached hydrogen (secondary N) is 1. The standard InChI is InChI=1S/C8H16N2O3/c1-5(2)7(8(12)13-3)10-6(11)4-9/h5,7H,4,9H2,1-3H3,(H,10,11)/t7-/m1/s1. The molecule has 0 aromatic rings. The van der Waals surface area contributed by atoms with E-state index in [-0.39, 0.29) is 18.4 Å². The van der Waals surface area contributed by atoms with Gasteiger partial charge in [-0.25, -0.2) is 4.79 Å². The molecule has 0 aliphatic rings. The molecular weight excluding hydrogens is 172 g/mol. The van der Waals surface area contributed by atoms with Crippen LogP contribution in [0.3, 0.4) is 0 Å². The van der Waals surface area contributed by atoms with Gasteiger partial charge in [-0.2, -0.15) is 0 Å². The first-order valence-electron chi connectivity index (χ1n) is 4.10. The normalized spacial score (nSPS) is 12.4. The molecule has 76 valence electrons. The van der Waals surface area contributed by atoms with Crippen LogP contribution in [-0.2, 0) is 14.3 Å². The molecule has 0 bridgehead atoms. The maximum atomic E-state index is 11.1. The van der Waals surface area contributed by atoms with Gasteiger partial charge in [0, 0.05) is 0 Å². The molecule has 0 saturated heterocycles. The highest BCUT2D eigenvalue weighted by molar-refractivity contribution is 5.85. The maximum absolute atomic E-state index is 11.1. The number of nitrogens with two attached hydrogens (primary N) is 1. The molecule has 0 saturated carbocycles. The van der Waals surface area contributed by atoms with E-state index < -0.39 is 12.0 Å². The van der Waals surface area contributed by atoms with E-state index in [1.54, 1.807) is 0 Å². The van der Waals surface area contributed by atoms with Gasteiger partial charge in [-0.1, -0.05) is 13.8 Å². The zero-order valence-corrected chi connectivity index (χ0v) is 8.16. The topological polar surface area (TPSA) is 81.4 Å². The van der Waals surface area contributed by atoms with Gasteiger partial charge >= 0.3 is 5.97 Å². The zero-order chi connectivity index (χ0) is 10.4. The Morgan fingerprint density at radius 3 is 2.31 bits per heavy atom. The quantitative estimate of drug-likeness (QED) is 0.569. The number of rotatable bonds is 4. The lowest BCUT2D eigenvalue weighted by molar-refractivity contribution is -0.146. The number of carbonyl (C=O) groups is 2. The fourth-order valence-electron chi connectivity index (χ4n) is 0.857. The molecule has 13 heavy (non-hydrogen) atoms. The molecule has 5 nitrogen and oxygen atoms in total. The Morgan fingerprint density at radius 2 is 2.00 bits per heavy atom. The van der Waals surface area contributed by atoms with E-state index in [1.807, 2.05) is 13.8 Å². The van der Waals surface area contributed by atoms with E-state index in [1.165, 1.54) is 7.11 Å². The highest BCUT2D eigenvalue weighted by atomic mass is 16.5. The van der Waals surface area contributed by atoms with E-state index >= 15 is 0 Å². The molecule has 0 rings (SSSR count). The minimum Gasteiger partial charge on any atom is -0.467 e. The van der Waals surface area contributed by atoms with E-state index in [4.69, 9.17) is 5.73 Å². The second-order valence-electron chi connectivity index (χ2n) is 3.02. The number of hydrogen-bond donors (Lipinski definition) is 2. The van der Waals surface area contributed by atoms with E-state index in [0.29, 0.717) is 0 Å². The molecule has 0 aliphatic carbocycles. The third-order valence-electron chi connectivity index (χ3n) is 1.62. The predicted molar refractivity (Wildman–Crippen MR) is 47.8 cm³/mol. The van der Waals surface area contributed by atoms with Crippen LogP contribution in [0.5, 0.6) is 0 Å². The van der Waals surface area contributed by atoms with Crippen LogP contribution in [0.4, 0.5) is 0 Å². The molecule has 0 heterocycles. The molecule has 1 atom stereocenters. The minimum absolute atomic E-state index is 0.0112. The summed E-state index contributed by atoms with van der Waals surface area (Å²) in [4.78, 5) is 22.0. The van der Waals surface area contributed by atoms with Gasteiger partial charge in [-0.05, 0) is 5.92 Å². The largest absolute Gasteiger partial charge is 0.467 e. The van der Waals surface area contributed by atoms with Gasteiger partial charge in [-0.3, -0.25) is 4.79 Å². The summed E-state index contributed by atoms with van der Waals surface area (Å²) in [6, 6.07) is -0.610. The molecule has 5 heteroatoms. The van der Waals surface area contributed by atoms with Gasteiger partial charge in [0.05, 0.1) is 13.7 Å². The Labute approximate surface area is 77.6 Å². The monoisotopic (exact) mass is 188 g/mol. The van der Waals surface area contributed by atoms with Crippen molar-refractivity contribution in [2.24, 2.45) is 11.7 Å². The summed E-state index contributed by atoms with van der Waals surface area (Å²) in [5, 5.41) is 2.48. The Kier molecular flexibility index (Phi) is 5.06. The molecule has 0 fully saturated rings. The second kappa shape index (κ2) is 5.53. The number of hydrogen-bond acceptors (Lipinski definition) is 4. The van der Waals surface area contributed by atoms with E-state index in [9.17, 15) is 9.59 Å². The van der Waals surface area contributed by atoms with Crippen molar-refractivity contribution in [3.05, 3.63) is 0 Å². The van der Waals surface area contributed by atoms with Crippen LogP contribution in [0, 0.1) is 5.92 Å². The van der Waals surface area contributed by atoms with Crippen LogP contribution < -0.4 is 11.1 Å². The van der Waals surface area contributed by atoms with Crippen LogP contribution in [0.1, 0.15) is 13.8 Å². The molecule has 1 amide bonds. The van der Waals surface area contributed by atoms with Crippen LogP contribution in [-0.4, -0.2) is 31.6 Å². The van der Waals surface area contributed by atoms with Gasteiger partial charge < -0.3 is 15.8 Å². The fourth-order valence-corrected chi connectivity index (χ4v) is 0.857. The maximum Gasteiger partial charge on any atom is 0.328 e. The van der Waals surface area contributed by atoms with Crippen LogP contribution in [0.25, 0.3) is 0 Å². The van der Waals surface area contributed by atoms with Crippen molar-refractivity contribution >= 4 is 11.9 Å². The third-order valence-corrected chi connectivity index (χ3v) is 1.62. The first-order chi connectivity index (χ1) is 6.02. The van der Waals surface area contributed by atoms with Crippen LogP contribution >= 0.6 is 0 Å². The van der Waals surface area contributed by atoms with E-state index in [0.717, 1.165) is 0 Å². The van der Waals surface area contributed by atoms with E-state index in [2.05, 4.69) is 10.1 Å². The summed E-state index contributed by atoms with van der Waals surface area (Å²) in [7, 11) is 1.28. The minimum atomic E-state index is -0.610. The Morgan fingerprint density at radius 1 is 1.46 bits per heavy atom. The molecule has 0 radical (unpaired) electrons. The SMILES string of the molecule is COC(=O)[C@H](NC(=O)CN)C(C)C.